The third kappa shape index (κ3) is 5.54. The van der Waals surface area contributed by atoms with Crippen LogP contribution in [0.25, 0.3) is 0 Å². The van der Waals surface area contributed by atoms with Gasteiger partial charge in [-0.1, -0.05) is 6.07 Å². The van der Waals surface area contributed by atoms with Gasteiger partial charge in [-0.2, -0.15) is 5.26 Å². The molecule has 1 aliphatic heterocycles. The van der Waals surface area contributed by atoms with Crippen molar-refractivity contribution in [2.45, 2.75) is 44.6 Å². The highest BCUT2D eigenvalue weighted by Crippen LogP contribution is 2.24. The first-order valence-corrected chi connectivity index (χ1v) is 9.97. The monoisotopic (exact) mass is 368 g/mol. The molecule has 6 nitrogen and oxygen atoms in total. The van der Waals surface area contributed by atoms with Gasteiger partial charge < -0.3 is 15.5 Å². The van der Waals surface area contributed by atoms with Crippen LogP contribution in [0.1, 0.15) is 54.4 Å². The van der Waals surface area contributed by atoms with Gasteiger partial charge in [0.2, 0.25) is 5.91 Å². The van der Waals surface area contributed by atoms with Crippen molar-refractivity contribution in [3.63, 3.8) is 0 Å². The molecule has 2 aliphatic rings. The Morgan fingerprint density at radius 1 is 1.15 bits per heavy atom. The average Bonchev–Trinajstić information content (AvgIpc) is 3.22. The molecule has 2 amide bonds. The van der Waals surface area contributed by atoms with Gasteiger partial charge in [-0.05, 0) is 69.8 Å². The van der Waals surface area contributed by atoms with Crippen LogP contribution in [-0.2, 0) is 4.79 Å². The van der Waals surface area contributed by atoms with E-state index in [1.807, 2.05) is 0 Å². The van der Waals surface area contributed by atoms with E-state index < -0.39 is 0 Å². The Bertz CT molecular complexity index is 698. The fourth-order valence-electron chi connectivity index (χ4n) is 3.99. The molecule has 1 heterocycles. The van der Waals surface area contributed by atoms with Gasteiger partial charge >= 0.3 is 0 Å². The Kier molecular flexibility index (Phi) is 6.83. The summed E-state index contributed by atoms with van der Waals surface area (Å²) in [4.78, 5) is 27.1. The molecular formula is C21H28N4O2. The van der Waals surface area contributed by atoms with Crippen molar-refractivity contribution in [1.82, 2.24) is 15.5 Å². The van der Waals surface area contributed by atoms with E-state index in [2.05, 4.69) is 21.6 Å². The second kappa shape index (κ2) is 9.52. The predicted molar refractivity (Wildman–Crippen MR) is 103 cm³/mol. The molecule has 144 valence electrons. The van der Waals surface area contributed by atoms with Gasteiger partial charge in [0, 0.05) is 30.6 Å². The molecule has 2 N–H and O–H groups in total. The van der Waals surface area contributed by atoms with Crippen LogP contribution >= 0.6 is 0 Å². The van der Waals surface area contributed by atoms with Crippen molar-refractivity contribution in [3.05, 3.63) is 35.4 Å². The molecule has 2 fully saturated rings. The molecule has 0 atom stereocenters. The fraction of sp³-hybridized carbons (Fsp3) is 0.571. The van der Waals surface area contributed by atoms with Gasteiger partial charge in [0.15, 0.2) is 0 Å². The van der Waals surface area contributed by atoms with E-state index in [1.165, 1.54) is 12.8 Å². The van der Waals surface area contributed by atoms with Crippen LogP contribution in [0.5, 0.6) is 0 Å². The molecule has 0 aromatic heterocycles. The Morgan fingerprint density at radius 3 is 2.59 bits per heavy atom. The summed E-state index contributed by atoms with van der Waals surface area (Å²) in [6, 6.07) is 8.87. The number of carbonyl (C=O) groups excluding carboxylic acids is 2. The average molecular weight is 368 g/mol. The molecule has 0 spiro atoms. The molecule has 6 heteroatoms. The summed E-state index contributed by atoms with van der Waals surface area (Å²) in [5.74, 6) is 0.0601. The number of nitrogens with one attached hydrogen (secondary N) is 2. The van der Waals surface area contributed by atoms with Crippen molar-refractivity contribution in [1.29, 1.82) is 5.26 Å². The first-order valence-electron chi connectivity index (χ1n) is 9.97. The quantitative estimate of drug-likeness (QED) is 0.805. The highest BCUT2D eigenvalue weighted by molar-refractivity contribution is 5.94. The zero-order valence-corrected chi connectivity index (χ0v) is 15.7. The number of amides is 2. The van der Waals surface area contributed by atoms with Gasteiger partial charge in [0.25, 0.3) is 5.91 Å². The van der Waals surface area contributed by atoms with Gasteiger partial charge in [-0.25, -0.2) is 0 Å². The smallest absolute Gasteiger partial charge is 0.251 e. The maximum Gasteiger partial charge on any atom is 0.251 e. The maximum atomic E-state index is 12.4. The fourth-order valence-corrected chi connectivity index (χ4v) is 3.99. The van der Waals surface area contributed by atoms with Crippen LogP contribution in [0.2, 0.25) is 0 Å². The van der Waals surface area contributed by atoms with Crippen molar-refractivity contribution in [3.8, 4) is 6.07 Å². The number of hydrogen-bond donors (Lipinski definition) is 2. The zero-order valence-electron chi connectivity index (χ0n) is 15.7. The predicted octanol–water partition coefficient (Wildman–Crippen LogP) is 2.06. The van der Waals surface area contributed by atoms with Crippen molar-refractivity contribution in [2.24, 2.45) is 5.92 Å². The van der Waals surface area contributed by atoms with Crippen LogP contribution in [0.4, 0.5) is 0 Å². The minimum Gasteiger partial charge on any atom is -0.355 e. The number of nitriles is 1. The topological polar surface area (TPSA) is 85.2 Å². The number of hydrogen-bond acceptors (Lipinski definition) is 4. The molecule has 1 saturated carbocycles. The maximum absolute atomic E-state index is 12.4. The molecule has 1 saturated heterocycles. The SMILES string of the molecule is N#Cc1cccc(C(=O)NC2CCC(C(=O)NCCN3CCCC3)CC2)c1. The molecular weight excluding hydrogens is 340 g/mol. The minimum absolute atomic E-state index is 0.0543. The van der Waals surface area contributed by atoms with Crippen LogP contribution in [0.15, 0.2) is 24.3 Å². The molecule has 1 aliphatic carbocycles. The molecule has 0 unspecified atom stereocenters. The minimum atomic E-state index is -0.148. The van der Waals surface area contributed by atoms with Crippen molar-refractivity contribution in [2.75, 3.05) is 26.2 Å². The summed E-state index contributed by atoms with van der Waals surface area (Å²) in [5, 5.41) is 15.1. The second-order valence-corrected chi connectivity index (χ2v) is 7.55. The third-order valence-electron chi connectivity index (χ3n) is 5.61. The van der Waals surface area contributed by atoms with E-state index in [0.29, 0.717) is 11.1 Å². The van der Waals surface area contributed by atoms with Crippen LogP contribution in [0.3, 0.4) is 0 Å². The van der Waals surface area contributed by atoms with E-state index >= 15 is 0 Å². The molecule has 27 heavy (non-hydrogen) atoms. The lowest BCUT2D eigenvalue weighted by Crippen LogP contribution is -2.42. The number of carbonyl (C=O) groups is 2. The first kappa shape index (κ1) is 19.4. The lowest BCUT2D eigenvalue weighted by molar-refractivity contribution is -0.126. The number of nitrogens with zero attached hydrogens (tertiary/aromatic N) is 2. The zero-order chi connectivity index (χ0) is 19.1. The van der Waals surface area contributed by atoms with Gasteiger partial charge in [-0.3, -0.25) is 9.59 Å². The summed E-state index contributed by atoms with van der Waals surface area (Å²) in [5.41, 5.74) is 0.993. The highest BCUT2D eigenvalue weighted by Gasteiger charge is 2.27. The lowest BCUT2D eigenvalue weighted by atomic mass is 9.85. The summed E-state index contributed by atoms with van der Waals surface area (Å²) in [7, 11) is 0. The van der Waals surface area contributed by atoms with Crippen molar-refractivity contribution >= 4 is 11.8 Å². The molecule has 3 rings (SSSR count). The molecule has 1 aromatic rings. The van der Waals surface area contributed by atoms with E-state index in [-0.39, 0.29) is 23.8 Å². The summed E-state index contributed by atoms with van der Waals surface area (Å²) < 4.78 is 0. The Labute approximate surface area is 160 Å². The van der Waals surface area contributed by atoms with E-state index in [1.54, 1.807) is 24.3 Å². The molecule has 1 aromatic carbocycles. The Hall–Kier alpha value is -2.39. The van der Waals surface area contributed by atoms with E-state index in [0.717, 1.165) is 51.9 Å². The van der Waals surface area contributed by atoms with Crippen molar-refractivity contribution < 1.29 is 9.59 Å². The van der Waals surface area contributed by atoms with E-state index in [9.17, 15) is 9.59 Å². The van der Waals surface area contributed by atoms with Crippen LogP contribution < -0.4 is 10.6 Å². The first-order chi connectivity index (χ1) is 13.2. The molecule has 0 bridgehead atoms. The van der Waals surface area contributed by atoms with E-state index in [4.69, 9.17) is 5.26 Å². The summed E-state index contributed by atoms with van der Waals surface area (Å²) >= 11 is 0. The third-order valence-corrected chi connectivity index (χ3v) is 5.61. The number of benzene rings is 1. The number of rotatable bonds is 6. The van der Waals surface area contributed by atoms with Gasteiger partial charge in [0.1, 0.15) is 0 Å². The van der Waals surface area contributed by atoms with Gasteiger partial charge in [-0.15, -0.1) is 0 Å². The van der Waals surface area contributed by atoms with Crippen LogP contribution in [-0.4, -0.2) is 48.9 Å². The summed E-state index contributed by atoms with van der Waals surface area (Å²) in [6.45, 7) is 3.97. The lowest BCUT2D eigenvalue weighted by Gasteiger charge is -2.28. The van der Waals surface area contributed by atoms with Crippen LogP contribution in [0, 0.1) is 17.2 Å². The molecule has 0 radical (unpaired) electrons. The largest absolute Gasteiger partial charge is 0.355 e. The van der Waals surface area contributed by atoms with Gasteiger partial charge in [0.05, 0.1) is 11.6 Å². The Balaban J connectivity index is 1.38. The second-order valence-electron chi connectivity index (χ2n) is 7.55. The normalized spacial score (nSPS) is 22.8. The highest BCUT2D eigenvalue weighted by atomic mass is 16.2. The number of likely N-dealkylation sites (tertiary alicyclic amines) is 1. The summed E-state index contributed by atoms with van der Waals surface area (Å²) in [6.07, 6.45) is 5.77. The Morgan fingerprint density at radius 2 is 1.89 bits per heavy atom. The standard InChI is InChI=1S/C21H28N4O2/c22-15-16-4-3-5-18(14-16)21(27)24-19-8-6-17(7-9-19)20(26)23-10-13-25-11-1-2-12-25/h3-5,14,17,19H,1-2,6-13H2,(H,23,26)(H,24,27).